The summed E-state index contributed by atoms with van der Waals surface area (Å²) in [6, 6.07) is 0. The number of carbonyl (C=O) groups is 2. The number of thiol groups is 2. The van der Waals surface area contributed by atoms with Crippen LogP contribution in [0.1, 0.15) is 9.27 Å². The summed E-state index contributed by atoms with van der Waals surface area (Å²) < 4.78 is 4.99. The summed E-state index contributed by atoms with van der Waals surface area (Å²) in [5.74, 6) is -1.03. The Bertz CT molecular complexity index is 177. The Kier molecular flexibility index (Phi) is 17.7. The average molecular weight is 245 g/mol. The Hall–Kier alpha value is 1.44. The maximum atomic E-state index is 10.5. The molecule has 0 bridgehead atoms. The van der Waals surface area contributed by atoms with Crippen LogP contribution in [0, 0.1) is 0 Å². The third-order valence-corrected chi connectivity index (χ3v) is 1.03. The molecular weight excluding hydrogens is 236 g/mol. The first-order valence-corrected chi connectivity index (χ1v) is 3.40. The van der Waals surface area contributed by atoms with Gasteiger partial charge in [0.05, 0.1) is 6.42 Å². The number of aliphatic carboxylic acids is 1. The first-order chi connectivity index (χ1) is 5.04. The van der Waals surface area contributed by atoms with Gasteiger partial charge in [0.25, 0.3) is 0 Å². The molecular formula is C4H9NNa2O4S2. The molecule has 0 unspecified atom stereocenters. The summed E-state index contributed by atoms with van der Waals surface area (Å²) >= 11 is 6.99. The van der Waals surface area contributed by atoms with Crippen LogP contribution in [0.2, 0.25) is 0 Å². The molecule has 0 heterocycles. The molecule has 0 radical (unpaired) electrons. The van der Waals surface area contributed by atoms with Gasteiger partial charge in [0, 0.05) is 0 Å². The zero-order chi connectivity index (χ0) is 8.85. The van der Waals surface area contributed by atoms with Crippen LogP contribution in [-0.2, 0) is 9.53 Å². The van der Waals surface area contributed by atoms with Crippen LogP contribution in [0.25, 0.3) is 0 Å². The molecule has 0 atom stereocenters. The van der Waals surface area contributed by atoms with E-state index in [1.54, 1.807) is 0 Å². The van der Waals surface area contributed by atoms with Crippen molar-refractivity contribution in [2.75, 3.05) is 6.61 Å². The summed E-state index contributed by atoms with van der Waals surface area (Å²) in [4.78, 5) is 20.4. The van der Waals surface area contributed by atoms with E-state index in [1.165, 1.54) is 0 Å². The number of amides is 1. The van der Waals surface area contributed by atoms with E-state index >= 15 is 0 Å². The molecule has 0 saturated carbocycles. The van der Waals surface area contributed by atoms with Gasteiger partial charge < -0.3 is 12.7 Å². The summed E-state index contributed by atoms with van der Waals surface area (Å²) in [6.45, 7) is -0.175. The van der Waals surface area contributed by atoms with Crippen molar-refractivity contribution in [1.82, 2.24) is 3.71 Å². The van der Waals surface area contributed by atoms with E-state index in [-0.39, 0.29) is 75.0 Å². The van der Waals surface area contributed by atoms with E-state index in [1.807, 2.05) is 0 Å². The Morgan fingerprint density at radius 3 is 2.15 bits per heavy atom. The normalized spacial score (nSPS) is 7.54. The van der Waals surface area contributed by atoms with Crippen molar-refractivity contribution in [2.24, 2.45) is 0 Å². The topological polar surface area (TPSA) is 66.8 Å². The maximum Gasteiger partial charge on any atom is 1.00 e. The number of nitrogens with zero attached hydrogens (tertiary/aromatic N) is 1. The number of carboxylic acid groups (broad SMARTS) is 1. The molecule has 13 heavy (non-hydrogen) atoms. The molecule has 0 rings (SSSR count). The zero-order valence-corrected chi connectivity index (χ0v) is 13.2. The second-order valence-electron chi connectivity index (χ2n) is 1.55. The smallest absolute Gasteiger partial charge is 1.00 e. The van der Waals surface area contributed by atoms with Gasteiger partial charge in [-0.15, -0.1) is 0 Å². The Morgan fingerprint density at radius 2 is 1.85 bits per heavy atom. The molecule has 1 amide bonds. The van der Waals surface area contributed by atoms with Gasteiger partial charge in [0.15, 0.2) is 0 Å². The van der Waals surface area contributed by atoms with Crippen LogP contribution >= 0.6 is 25.6 Å². The number of carbonyl (C=O) groups excluding carboxylic acids is 1. The number of hydrogen-bond donors (Lipinski definition) is 3. The largest absolute Gasteiger partial charge is 1.00 e. The van der Waals surface area contributed by atoms with Gasteiger partial charge in [-0.3, -0.25) is 4.79 Å². The van der Waals surface area contributed by atoms with Crippen LogP contribution in [0.3, 0.4) is 0 Å². The van der Waals surface area contributed by atoms with Crippen molar-refractivity contribution in [3.05, 3.63) is 0 Å². The maximum absolute atomic E-state index is 10.5. The van der Waals surface area contributed by atoms with E-state index in [0.717, 1.165) is 0 Å². The van der Waals surface area contributed by atoms with Gasteiger partial charge >= 0.3 is 71.2 Å². The van der Waals surface area contributed by atoms with Gasteiger partial charge in [-0.25, -0.2) is 4.79 Å². The summed E-state index contributed by atoms with van der Waals surface area (Å²) in [7, 11) is 0. The third-order valence-electron chi connectivity index (χ3n) is 0.705. The average Bonchev–Trinajstić information content (AvgIpc) is 1.86. The molecule has 0 aliphatic rings. The Balaban J connectivity index is -0.0000000833. The predicted octanol–water partition coefficient (Wildman–Crippen LogP) is -5.18. The van der Waals surface area contributed by atoms with Gasteiger partial charge in [-0.2, -0.15) is 3.71 Å². The number of carboxylic acids is 1. The Labute approximate surface area is 134 Å². The molecule has 0 aliphatic carbocycles. The van der Waals surface area contributed by atoms with Gasteiger partial charge in [0.2, 0.25) is 0 Å². The summed E-state index contributed by atoms with van der Waals surface area (Å²) in [5.41, 5.74) is 0. The number of rotatable bonds is 3. The summed E-state index contributed by atoms with van der Waals surface area (Å²) in [5, 5.41) is 8.12. The van der Waals surface area contributed by atoms with Crippen LogP contribution in [-0.4, -0.2) is 27.5 Å². The van der Waals surface area contributed by atoms with Gasteiger partial charge in [0.1, 0.15) is 6.61 Å². The number of hydrogen-bond acceptors (Lipinski definition) is 5. The van der Waals surface area contributed by atoms with E-state index in [9.17, 15) is 9.59 Å². The van der Waals surface area contributed by atoms with Crippen LogP contribution in [0.5, 0.6) is 0 Å². The fourth-order valence-corrected chi connectivity index (χ4v) is 0.399. The standard InChI is InChI=1S/C4H7NO4S2.2Na.2H/c6-3(7)1-2-9-4(8)5(10)11;;;;/h10-11H,1-2H2,(H,6,7);;;;/q;2*+1;2*-1. The predicted molar refractivity (Wildman–Crippen MR) is 45.6 cm³/mol. The Morgan fingerprint density at radius 1 is 1.38 bits per heavy atom. The molecule has 9 heteroatoms. The van der Waals surface area contributed by atoms with E-state index < -0.39 is 12.1 Å². The molecule has 68 valence electrons. The number of ether oxygens (including phenoxy) is 1. The molecule has 0 aromatic heterocycles. The molecule has 0 aromatic rings. The SMILES string of the molecule is O=C(O)CCOC(=O)N(S)S.[H-].[H-].[Na+].[Na+]. The third kappa shape index (κ3) is 13.4. The first-order valence-electron chi connectivity index (χ1n) is 2.60. The van der Waals surface area contributed by atoms with Crippen molar-refractivity contribution in [2.45, 2.75) is 6.42 Å². The molecule has 0 saturated heterocycles. The minimum absolute atomic E-state index is 0. The van der Waals surface area contributed by atoms with E-state index in [0.29, 0.717) is 3.71 Å². The van der Waals surface area contributed by atoms with Gasteiger partial charge in [-0.05, 0) is 25.6 Å². The molecule has 0 aromatic carbocycles. The van der Waals surface area contributed by atoms with Crippen molar-refractivity contribution >= 4 is 37.7 Å². The molecule has 0 fully saturated rings. The van der Waals surface area contributed by atoms with Crippen molar-refractivity contribution < 1.29 is 81.4 Å². The molecule has 5 nitrogen and oxygen atoms in total. The fourth-order valence-electron chi connectivity index (χ4n) is 0.283. The second-order valence-corrected chi connectivity index (χ2v) is 2.66. The van der Waals surface area contributed by atoms with Crippen molar-refractivity contribution in [1.29, 1.82) is 0 Å². The molecule has 0 aliphatic heterocycles. The quantitative estimate of drug-likeness (QED) is 0.343. The van der Waals surface area contributed by atoms with Crippen molar-refractivity contribution in [3.8, 4) is 0 Å². The molecule has 0 spiro atoms. The molecule has 1 N–H and O–H groups in total. The van der Waals surface area contributed by atoms with Gasteiger partial charge in [-0.1, -0.05) is 0 Å². The zero-order valence-electron chi connectivity index (χ0n) is 9.43. The second kappa shape index (κ2) is 11.5. The fraction of sp³-hybridized carbons (Fsp3) is 0.500. The van der Waals surface area contributed by atoms with Crippen LogP contribution in [0.15, 0.2) is 0 Å². The van der Waals surface area contributed by atoms with E-state index in [4.69, 9.17) is 5.11 Å². The minimum atomic E-state index is -1.03. The van der Waals surface area contributed by atoms with Crippen molar-refractivity contribution in [3.63, 3.8) is 0 Å². The van der Waals surface area contributed by atoms with Crippen LogP contribution in [0.4, 0.5) is 4.79 Å². The minimum Gasteiger partial charge on any atom is -1.00 e. The summed E-state index contributed by atoms with van der Waals surface area (Å²) in [6.07, 6.45) is -1.01. The first kappa shape index (κ1) is 19.9. The van der Waals surface area contributed by atoms with Crippen LogP contribution < -0.4 is 59.1 Å². The van der Waals surface area contributed by atoms with E-state index in [2.05, 4.69) is 30.4 Å². The monoisotopic (exact) mass is 245 g/mol.